The van der Waals surface area contributed by atoms with Crippen LogP contribution in [0.3, 0.4) is 0 Å². The maximum atomic E-state index is 15.2. The third-order valence-corrected chi connectivity index (χ3v) is 16.2. The number of hydrogen-bond acceptors (Lipinski definition) is 13. The van der Waals surface area contributed by atoms with Gasteiger partial charge in [-0.1, -0.05) is 60.1 Å². The molecule has 6 rings (SSSR count). The number of carbonyl (C=O) groups excluding carboxylic acids is 5. The van der Waals surface area contributed by atoms with Crippen molar-refractivity contribution in [3.63, 3.8) is 0 Å². The SMILES string of the molecule is CC(=O)OC[C@H]1O[C@@H](OC(=O)[C@]23CCC(C)(C)C[C@H]2C2=CC[C@@H]4[C@@]5(C)CC[C@H](O)C(C)(C)[C@@H]5CC[C@@]4(C)[C@]2(C)C[C@H]3O)[C@H](OC(C)=O)[C@@H](OC(C)=O)[C@@H]1OC(C)=O. The second-order valence-electron chi connectivity index (χ2n) is 20.3. The zero-order chi connectivity index (χ0) is 42.3. The molecule has 0 spiro atoms. The van der Waals surface area contributed by atoms with Gasteiger partial charge in [0, 0.05) is 27.7 Å². The first-order valence-electron chi connectivity index (χ1n) is 20.9. The van der Waals surface area contributed by atoms with Gasteiger partial charge in [0.15, 0.2) is 12.2 Å². The quantitative estimate of drug-likeness (QED) is 0.181. The lowest BCUT2D eigenvalue weighted by Crippen LogP contribution is -2.68. The predicted octanol–water partition coefficient (Wildman–Crippen LogP) is 5.75. The van der Waals surface area contributed by atoms with Crippen LogP contribution in [0.1, 0.15) is 134 Å². The molecule has 2 N–H and O–H groups in total. The Balaban J connectivity index is 1.40. The lowest BCUT2D eigenvalue weighted by atomic mass is 9.33. The summed E-state index contributed by atoms with van der Waals surface area (Å²) in [4.78, 5) is 64.4. The van der Waals surface area contributed by atoms with Crippen LogP contribution in [0, 0.1) is 50.2 Å². The Morgan fingerprint density at radius 1 is 0.702 bits per heavy atom. The van der Waals surface area contributed by atoms with Gasteiger partial charge >= 0.3 is 29.8 Å². The Hall–Kier alpha value is -3.03. The van der Waals surface area contributed by atoms with E-state index < -0.39 is 84.1 Å². The molecule has 14 atom stereocenters. The standard InChI is InChI=1S/C44H66O13/c1-23(45)52-22-29-34(53-24(2)46)35(54-25(3)47)36(55-26(4)48)37(56-29)57-38(51)44-19-18-39(5,6)20-28(44)27-12-13-31-41(9)16-15-32(49)40(7,8)30(41)14-17-42(31,10)43(27,11)21-33(44)50/h12,28-37,49-50H,13-22H2,1-11H3/t28-,29+,30-,31+,32-,33+,34+,35-,36+,37-,41-,42+,43+,44+/m0/s1. The Labute approximate surface area is 337 Å². The Morgan fingerprint density at radius 2 is 1.32 bits per heavy atom. The molecule has 5 aliphatic carbocycles. The normalized spacial score (nSPS) is 44.3. The van der Waals surface area contributed by atoms with Crippen LogP contribution in [0.15, 0.2) is 11.6 Å². The van der Waals surface area contributed by atoms with Crippen molar-refractivity contribution >= 4 is 29.8 Å². The molecule has 0 bridgehead atoms. The van der Waals surface area contributed by atoms with Gasteiger partial charge in [-0.3, -0.25) is 24.0 Å². The fraction of sp³-hybridized carbons (Fsp3) is 0.841. The maximum Gasteiger partial charge on any atom is 0.317 e. The molecule has 0 amide bonds. The molecule has 0 aromatic rings. The van der Waals surface area contributed by atoms with E-state index in [0.717, 1.165) is 52.9 Å². The third kappa shape index (κ3) is 7.13. The molecule has 1 aliphatic heterocycles. The summed E-state index contributed by atoms with van der Waals surface area (Å²) in [6, 6.07) is 0. The summed E-state index contributed by atoms with van der Waals surface area (Å²) >= 11 is 0. The van der Waals surface area contributed by atoms with E-state index in [0.29, 0.717) is 37.5 Å². The van der Waals surface area contributed by atoms with E-state index in [1.54, 1.807) is 0 Å². The van der Waals surface area contributed by atoms with Gasteiger partial charge in [-0.2, -0.15) is 0 Å². The van der Waals surface area contributed by atoms with Crippen molar-refractivity contribution in [3.05, 3.63) is 11.6 Å². The molecular formula is C44H66O13. The molecule has 320 valence electrons. The lowest BCUT2D eigenvalue weighted by Gasteiger charge is -2.71. The summed E-state index contributed by atoms with van der Waals surface area (Å²) in [5.74, 6) is -3.49. The van der Waals surface area contributed by atoms with Crippen molar-refractivity contribution in [2.45, 2.75) is 177 Å². The summed E-state index contributed by atoms with van der Waals surface area (Å²) < 4.78 is 34.5. The molecule has 4 saturated carbocycles. The molecular weight excluding hydrogens is 736 g/mol. The van der Waals surface area contributed by atoms with E-state index in [1.165, 1.54) is 12.5 Å². The summed E-state index contributed by atoms with van der Waals surface area (Å²) in [6.07, 6.45) is -0.174. The molecule has 1 heterocycles. The van der Waals surface area contributed by atoms with E-state index >= 15 is 4.79 Å². The second kappa shape index (κ2) is 14.9. The number of esters is 5. The van der Waals surface area contributed by atoms with Crippen LogP contribution in [-0.4, -0.2) is 89.6 Å². The molecule has 13 nitrogen and oxygen atoms in total. The predicted molar refractivity (Wildman–Crippen MR) is 204 cm³/mol. The highest BCUT2D eigenvalue weighted by Crippen LogP contribution is 2.76. The minimum atomic E-state index is -1.69. The highest BCUT2D eigenvalue weighted by atomic mass is 16.7. The lowest BCUT2D eigenvalue weighted by molar-refractivity contribution is -0.306. The number of allylic oxidation sites excluding steroid dienone is 2. The number of ether oxygens (including phenoxy) is 6. The maximum absolute atomic E-state index is 15.2. The van der Waals surface area contributed by atoms with Crippen molar-refractivity contribution in [2.75, 3.05) is 6.61 Å². The summed E-state index contributed by atoms with van der Waals surface area (Å²) in [6.45, 7) is 20.0. The van der Waals surface area contributed by atoms with E-state index in [1.807, 2.05) is 0 Å². The van der Waals surface area contributed by atoms with E-state index in [-0.39, 0.29) is 33.7 Å². The van der Waals surface area contributed by atoms with Gasteiger partial charge < -0.3 is 38.6 Å². The van der Waals surface area contributed by atoms with Crippen molar-refractivity contribution in [3.8, 4) is 0 Å². The molecule has 0 radical (unpaired) electrons. The summed E-state index contributed by atoms with van der Waals surface area (Å²) in [7, 11) is 0. The fourth-order valence-corrected chi connectivity index (χ4v) is 13.2. The number of carbonyl (C=O) groups is 5. The number of fused-ring (bicyclic) bond motifs is 7. The van der Waals surface area contributed by atoms with Gasteiger partial charge in [-0.25, -0.2) is 0 Å². The first-order valence-corrected chi connectivity index (χ1v) is 20.9. The average Bonchev–Trinajstić information content (AvgIpc) is 3.08. The fourth-order valence-electron chi connectivity index (χ4n) is 13.2. The van der Waals surface area contributed by atoms with Crippen LogP contribution in [0.5, 0.6) is 0 Å². The highest BCUT2D eigenvalue weighted by molar-refractivity contribution is 5.80. The number of rotatable bonds is 7. The van der Waals surface area contributed by atoms with Crippen LogP contribution >= 0.6 is 0 Å². The zero-order valence-corrected chi connectivity index (χ0v) is 35.8. The number of aliphatic hydroxyl groups is 2. The van der Waals surface area contributed by atoms with Crippen LogP contribution in [0.25, 0.3) is 0 Å². The highest BCUT2D eigenvalue weighted by Gasteiger charge is 2.72. The van der Waals surface area contributed by atoms with Gasteiger partial charge in [-0.15, -0.1) is 0 Å². The minimum absolute atomic E-state index is 0.0137. The average molecular weight is 803 g/mol. The van der Waals surface area contributed by atoms with Crippen LogP contribution in [0.2, 0.25) is 0 Å². The number of aliphatic hydroxyl groups excluding tert-OH is 2. The van der Waals surface area contributed by atoms with Gasteiger partial charge in [0.1, 0.15) is 18.1 Å². The van der Waals surface area contributed by atoms with E-state index in [9.17, 15) is 29.4 Å². The molecule has 0 aromatic heterocycles. The van der Waals surface area contributed by atoms with Crippen molar-refractivity contribution in [1.82, 2.24) is 0 Å². The van der Waals surface area contributed by atoms with E-state index in [4.69, 9.17) is 28.4 Å². The molecule has 6 aliphatic rings. The topological polar surface area (TPSA) is 181 Å². The first kappa shape index (κ1) is 43.5. The van der Waals surface area contributed by atoms with Gasteiger partial charge in [-0.05, 0) is 103 Å². The minimum Gasteiger partial charge on any atom is -0.463 e. The van der Waals surface area contributed by atoms with Crippen molar-refractivity contribution in [1.29, 1.82) is 0 Å². The molecule has 5 fully saturated rings. The Kier molecular flexibility index (Phi) is 11.4. The van der Waals surface area contributed by atoms with Gasteiger partial charge in [0.05, 0.1) is 12.2 Å². The Bertz CT molecular complexity index is 1670. The van der Waals surface area contributed by atoms with Crippen LogP contribution < -0.4 is 0 Å². The molecule has 57 heavy (non-hydrogen) atoms. The number of hydrogen-bond donors (Lipinski definition) is 2. The largest absolute Gasteiger partial charge is 0.463 e. The smallest absolute Gasteiger partial charge is 0.317 e. The molecule has 1 saturated heterocycles. The van der Waals surface area contributed by atoms with E-state index in [2.05, 4.69) is 54.5 Å². The first-order chi connectivity index (χ1) is 26.3. The van der Waals surface area contributed by atoms with Crippen LogP contribution in [0.4, 0.5) is 0 Å². The molecule has 0 unspecified atom stereocenters. The summed E-state index contributed by atoms with van der Waals surface area (Å²) in [5.41, 5.74) is -1.24. The van der Waals surface area contributed by atoms with Crippen molar-refractivity contribution < 1.29 is 62.6 Å². The zero-order valence-electron chi connectivity index (χ0n) is 35.8. The van der Waals surface area contributed by atoms with Crippen LogP contribution in [-0.2, 0) is 52.4 Å². The monoisotopic (exact) mass is 802 g/mol. The van der Waals surface area contributed by atoms with Crippen molar-refractivity contribution in [2.24, 2.45) is 50.2 Å². The van der Waals surface area contributed by atoms with Gasteiger partial charge in [0.25, 0.3) is 0 Å². The molecule has 0 aromatic carbocycles. The second-order valence-corrected chi connectivity index (χ2v) is 20.3. The third-order valence-electron chi connectivity index (χ3n) is 16.2. The van der Waals surface area contributed by atoms with Gasteiger partial charge in [0.2, 0.25) is 12.4 Å². The Morgan fingerprint density at radius 3 is 1.93 bits per heavy atom. The summed E-state index contributed by atoms with van der Waals surface area (Å²) in [5, 5.41) is 23.8. The molecule has 13 heteroatoms.